The van der Waals surface area contributed by atoms with Crippen LogP contribution in [0.2, 0.25) is 0 Å². The highest BCUT2D eigenvalue weighted by atomic mass is 32.2. The average molecular weight is 349 g/mol. The van der Waals surface area contributed by atoms with Gasteiger partial charge in [-0.2, -0.15) is 4.31 Å². The van der Waals surface area contributed by atoms with Gasteiger partial charge in [0.05, 0.1) is 9.79 Å². The molecule has 0 bridgehead atoms. The molecule has 5 nitrogen and oxygen atoms in total. The van der Waals surface area contributed by atoms with Crippen molar-refractivity contribution in [2.24, 2.45) is 0 Å². The molecule has 0 N–H and O–H groups in total. The van der Waals surface area contributed by atoms with Gasteiger partial charge in [-0.15, -0.1) is 0 Å². The fourth-order valence-electron chi connectivity index (χ4n) is 2.40. The molecule has 0 aromatic heterocycles. The van der Waals surface area contributed by atoms with Crippen molar-refractivity contribution in [3.63, 3.8) is 0 Å². The third-order valence-electron chi connectivity index (χ3n) is 3.67. The van der Waals surface area contributed by atoms with Crippen molar-refractivity contribution in [1.82, 2.24) is 4.31 Å². The molecule has 7 heteroatoms. The number of sulfone groups is 1. The predicted octanol–water partition coefficient (Wildman–Crippen LogP) is 2.27. The van der Waals surface area contributed by atoms with E-state index in [2.05, 4.69) is 0 Å². The second-order valence-electron chi connectivity index (χ2n) is 5.29. The molecule has 0 fully saturated rings. The van der Waals surface area contributed by atoms with Crippen LogP contribution in [0.3, 0.4) is 0 Å². The van der Waals surface area contributed by atoms with Crippen molar-refractivity contribution in [1.29, 1.82) is 0 Å². The lowest BCUT2D eigenvalue weighted by atomic mass is 10.2. The van der Waals surface area contributed by atoms with Crippen LogP contribution < -0.4 is 0 Å². The average Bonchev–Trinajstić information content (AvgIpc) is 2.83. The topological polar surface area (TPSA) is 71.5 Å². The van der Waals surface area contributed by atoms with E-state index in [9.17, 15) is 16.8 Å². The normalized spacial score (nSPS) is 15.7. The van der Waals surface area contributed by atoms with E-state index in [-0.39, 0.29) is 16.3 Å². The summed E-state index contributed by atoms with van der Waals surface area (Å²) >= 11 is 0. The molecule has 0 saturated heterocycles. The summed E-state index contributed by atoms with van der Waals surface area (Å²) in [7, 11) is -5.83. The molecule has 1 aliphatic rings. The van der Waals surface area contributed by atoms with Crippen LogP contribution in [0.15, 0.2) is 63.7 Å². The minimum absolute atomic E-state index is 0.0260. The first-order valence-electron chi connectivity index (χ1n) is 6.88. The molecule has 0 atom stereocenters. The van der Waals surface area contributed by atoms with Gasteiger partial charge in [-0.3, -0.25) is 0 Å². The van der Waals surface area contributed by atoms with Gasteiger partial charge in [-0.1, -0.05) is 36.4 Å². The molecule has 1 aliphatic heterocycles. The molecule has 0 amide bonds. The highest BCUT2D eigenvalue weighted by Crippen LogP contribution is 2.30. The Morgan fingerprint density at radius 3 is 2.43 bits per heavy atom. The van der Waals surface area contributed by atoms with Crippen LogP contribution in [0.5, 0.6) is 0 Å². The highest BCUT2D eigenvalue weighted by Gasteiger charge is 2.26. The maximum absolute atomic E-state index is 12.7. The third kappa shape index (κ3) is 2.95. The molecule has 120 valence electrons. The summed E-state index contributed by atoms with van der Waals surface area (Å²) < 4.78 is 50.3. The summed E-state index contributed by atoms with van der Waals surface area (Å²) in [5.74, 6) is 0. The number of benzene rings is 2. The summed E-state index contributed by atoms with van der Waals surface area (Å²) in [5, 5.41) is 1.09. The monoisotopic (exact) mass is 349 g/mol. The molecule has 2 aromatic rings. The van der Waals surface area contributed by atoms with Crippen LogP contribution in [0.4, 0.5) is 0 Å². The Bertz CT molecular complexity index is 978. The van der Waals surface area contributed by atoms with Crippen molar-refractivity contribution >= 4 is 25.9 Å². The van der Waals surface area contributed by atoms with E-state index in [1.807, 2.05) is 30.3 Å². The smallest absolute Gasteiger partial charge is 0.219 e. The maximum Gasteiger partial charge on any atom is 0.243 e. The molecule has 0 saturated carbocycles. The molecule has 1 heterocycles. The van der Waals surface area contributed by atoms with Gasteiger partial charge in [-0.05, 0) is 29.3 Å². The van der Waals surface area contributed by atoms with Crippen molar-refractivity contribution in [3.05, 3.63) is 65.1 Å². The Labute approximate surface area is 135 Å². The maximum atomic E-state index is 12.7. The SMILES string of the molecule is CN(Cc1ccccc1)S(=O)(=O)c1ccc2c(c1)S(=O)(=O)C=C2. The van der Waals surface area contributed by atoms with Gasteiger partial charge in [0.2, 0.25) is 10.0 Å². The lowest BCUT2D eigenvalue weighted by Crippen LogP contribution is -2.26. The molecule has 0 unspecified atom stereocenters. The van der Waals surface area contributed by atoms with Gasteiger partial charge in [0.1, 0.15) is 0 Å². The van der Waals surface area contributed by atoms with E-state index in [1.165, 1.54) is 35.6 Å². The Morgan fingerprint density at radius 2 is 1.74 bits per heavy atom. The van der Waals surface area contributed by atoms with Crippen LogP contribution in [0, 0.1) is 0 Å². The minimum atomic E-state index is -3.77. The first-order chi connectivity index (χ1) is 10.8. The zero-order valence-electron chi connectivity index (χ0n) is 12.4. The standard InChI is InChI=1S/C16H15NO4S2/c1-17(12-13-5-3-2-4-6-13)23(20,21)15-8-7-14-9-10-22(18,19)16(14)11-15/h2-11H,12H2,1H3. The minimum Gasteiger partial charge on any atom is -0.219 e. The summed E-state index contributed by atoms with van der Waals surface area (Å²) in [4.78, 5) is 0.00800. The van der Waals surface area contributed by atoms with Crippen LogP contribution in [0.25, 0.3) is 6.08 Å². The molecular formula is C16H15NO4S2. The lowest BCUT2D eigenvalue weighted by Gasteiger charge is -2.17. The summed E-state index contributed by atoms with van der Waals surface area (Å²) in [6.07, 6.45) is 1.47. The van der Waals surface area contributed by atoms with E-state index in [4.69, 9.17) is 0 Å². The van der Waals surface area contributed by atoms with Gasteiger partial charge in [-0.25, -0.2) is 16.8 Å². The summed E-state index contributed by atoms with van der Waals surface area (Å²) in [6.45, 7) is 0.214. The van der Waals surface area contributed by atoms with Crippen molar-refractivity contribution in [3.8, 4) is 0 Å². The van der Waals surface area contributed by atoms with E-state index < -0.39 is 19.9 Å². The van der Waals surface area contributed by atoms with Crippen molar-refractivity contribution < 1.29 is 16.8 Å². The number of hydrogen-bond donors (Lipinski definition) is 0. The zero-order valence-corrected chi connectivity index (χ0v) is 14.0. The third-order valence-corrected chi connectivity index (χ3v) is 6.93. The summed E-state index contributed by atoms with van der Waals surface area (Å²) in [5.41, 5.74) is 1.36. The van der Waals surface area contributed by atoms with Crippen molar-refractivity contribution in [2.75, 3.05) is 7.05 Å². The van der Waals surface area contributed by atoms with E-state index in [0.717, 1.165) is 11.0 Å². The fourth-order valence-corrected chi connectivity index (χ4v) is 4.89. The number of fused-ring (bicyclic) bond motifs is 1. The van der Waals surface area contributed by atoms with Gasteiger partial charge >= 0.3 is 0 Å². The Kier molecular flexibility index (Phi) is 3.87. The number of nitrogens with zero attached hydrogens (tertiary/aromatic N) is 1. The molecule has 0 spiro atoms. The molecule has 3 rings (SSSR count). The van der Waals surface area contributed by atoms with Crippen LogP contribution in [0.1, 0.15) is 11.1 Å². The largest absolute Gasteiger partial charge is 0.243 e. The molecule has 0 radical (unpaired) electrons. The van der Waals surface area contributed by atoms with E-state index in [1.54, 1.807) is 0 Å². The van der Waals surface area contributed by atoms with Gasteiger partial charge < -0.3 is 0 Å². The van der Waals surface area contributed by atoms with Gasteiger partial charge in [0.25, 0.3) is 0 Å². The van der Waals surface area contributed by atoms with Gasteiger partial charge in [0, 0.05) is 19.0 Å². The molecule has 2 aromatic carbocycles. The Balaban J connectivity index is 1.95. The van der Waals surface area contributed by atoms with E-state index >= 15 is 0 Å². The molecule has 0 aliphatic carbocycles. The summed E-state index contributed by atoms with van der Waals surface area (Å²) in [6, 6.07) is 13.4. The number of sulfonamides is 1. The Hall–Kier alpha value is -1.96. The van der Waals surface area contributed by atoms with Crippen LogP contribution in [-0.2, 0) is 26.4 Å². The lowest BCUT2D eigenvalue weighted by molar-refractivity contribution is 0.466. The zero-order chi connectivity index (χ0) is 16.7. The number of hydrogen-bond acceptors (Lipinski definition) is 4. The predicted molar refractivity (Wildman–Crippen MR) is 87.8 cm³/mol. The Morgan fingerprint density at radius 1 is 1.04 bits per heavy atom. The first-order valence-corrected chi connectivity index (χ1v) is 9.87. The highest BCUT2D eigenvalue weighted by molar-refractivity contribution is 7.95. The van der Waals surface area contributed by atoms with E-state index in [0.29, 0.717) is 5.56 Å². The first kappa shape index (κ1) is 15.9. The van der Waals surface area contributed by atoms with Crippen LogP contribution in [-0.4, -0.2) is 28.2 Å². The quantitative estimate of drug-likeness (QED) is 0.849. The van der Waals surface area contributed by atoms with Crippen LogP contribution >= 0.6 is 0 Å². The van der Waals surface area contributed by atoms with Crippen molar-refractivity contribution in [2.45, 2.75) is 16.3 Å². The molecule has 23 heavy (non-hydrogen) atoms. The number of rotatable bonds is 4. The second-order valence-corrected chi connectivity index (χ2v) is 9.14. The second kappa shape index (κ2) is 5.59. The molecular weight excluding hydrogens is 334 g/mol. The fraction of sp³-hybridized carbons (Fsp3) is 0.125. The van der Waals surface area contributed by atoms with Gasteiger partial charge in [0.15, 0.2) is 9.84 Å².